The number of amides is 3. The zero-order chi connectivity index (χ0) is 12.3. The van der Waals surface area contributed by atoms with Gasteiger partial charge in [0, 0.05) is 5.56 Å². The Labute approximate surface area is 107 Å². The van der Waals surface area contributed by atoms with Crippen LogP contribution < -0.4 is 10.6 Å². The van der Waals surface area contributed by atoms with Crippen LogP contribution >= 0.6 is 11.3 Å². The summed E-state index contributed by atoms with van der Waals surface area (Å²) in [6.45, 7) is 0. The molecule has 1 saturated heterocycles. The van der Waals surface area contributed by atoms with Gasteiger partial charge in [0.15, 0.2) is 5.54 Å². The summed E-state index contributed by atoms with van der Waals surface area (Å²) in [6, 6.07) is 9.26. The Morgan fingerprint density at radius 1 is 1.06 bits per heavy atom. The largest absolute Gasteiger partial charge is 0.322 e. The van der Waals surface area contributed by atoms with Crippen LogP contribution in [0, 0.1) is 0 Å². The van der Waals surface area contributed by atoms with E-state index < -0.39 is 11.6 Å². The van der Waals surface area contributed by atoms with E-state index in [0.29, 0.717) is 0 Å². The lowest BCUT2D eigenvalue weighted by molar-refractivity contribution is -0.122. The molecule has 2 aromatic rings. The quantitative estimate of drug-likeness (QED) is 0.706. The predicted molar refractivity (Wildman–Crippen MR) is 67.2 cm³/mol. The Hall–Kier alpha value is -2.14. The van der Waals surface area contributed by atoms with Gasteiger partial charge in [-0.2, -0.15) is 0 Å². The molecule has 0 saturated carbocycles. The molecule has 1 aromatic heterocycles. The standard InChI is InChI=1S/C13H8N2O2S/c16-11-13(15-12(17)14-11)9-4-2-1-3-7(9)8-5-6-18-10(8)13/h1-6H,(H2,14,15,16,17). The van der Waals surface area contributed by atoms with E-state index in [2.05, 4.69) is 10.6 Å². The molecule has 0 radical (unpaired) electrons. The minimum absolute atomic E-state index is 0.291. The first-order chi connectivity index (χ1) is 8.73. The van der Waals surface area contributed by atoms with Crippen LogP contribution in [0.4, 0.5) is 4.79 Å². The smallest absolute Gasteiger partial charge is 0.315 e. The lowest BCUT2D eigenvalue weighted by atomic mass is 9.92. The van der Waals surface area contributed by atoms with Crippen molar-refractivity contribution in [3.8, 4) is 11.1 Å². The number of nitrogens with one attached hydrogen (secondary N) is 2. The van der Waals surface area contributed by atoms with Gasteiger partial charge in [-0.1, -0.05) is 24.3 Å². The van der Waals surface area contributed by atoms with Crippen LogP contribution in [0.3, 0.4) is 0 Å². The molecule has 18 heavy (non-hydrogen) atoms. The fourth-order valence-corrected chi connectivity index (χ4v) is 3.86. The third-order valence-corrected chi connectivity index (χ3v) is 4.53. The summed E-state index contributed by atoms with van der Waals surface area (Å²) in [4.78, 5) is 24.7. The van der Waals surface area contributed by atoms with Crippen molar-refractivity contribution in [1.29, 1.82) is 0 Å². The third-order valence-electron chi connectivity index (χ3n) is 3.50. The van der Waals surface area contributed by atoms with Crippen molar-refractivity contribution in [3.05, 3.63) is 46.2 Å². The SMILES string of the molecule is O=C1NC(=O)C2(N1)c1ccccc1-c1ccsc12. The number of carbonyl (C=O) groups excluding carboxylic acids is 2. The van der Waals surface area contributed by atoms with Crippen molar-refractivity contribution in [3.63, 3.8) is 0 Å². The summed E-state index contributed by atoms with van der Waals surface area (Å²) in [5, 5.41) is 7.07. The molecular formula is C13H8N2O2S. The summed E-state index contributed by atoms with van der Waals surface area (Å²) in [6.07, 6.45) is 0. The first-order valence-corrected chi connectivity index (χ1v) is 6.43. The van der Waals surface area contributed by atoms with Gasteiger partial charge in [0.2, 0.25) is 0 Å². The zero-order valence-electron chi connectivity index (χ0n) is 9.19. The molecule has 2 heterocycles. The summed E-state index contributed by atoms with van der Waals surface area (Å²) in [7, 11) is 0. The molecule has 1 fully saturated rings. The van der Waals surface area contributed by atoms with E-state index in [0.717, 1.165) is 21.6 Å². The Kier molecular flexibility index (Phi) is 1.64. The van der Waals surface area contributed by atoms with Gasteiger partial charge < -0.3 is 5.32 Å². The second kappa shape index (κ2) is 3.00. The number of hydrogen-bond acceptors (Lipinski definition) is 3. The topological polar surface area (TPSA) is 58.2 Å². The summed E-state index contributed by atoms with van der Waals surface area (Å²) >= 11 is 1.49. The van der Waals surface area contributed by atoms with E-state index in [1.165, 1.54) is 11.3 Å². The van der Waals surface area contributed by atoms with Gasteiger partial charge in [-0.15, -0.1) is 11.3 Å². The highest BCUT2D eigenvalue weighted by atomic mass is 32.1. The molecular weight excluding hydrogens is 248 g/mol. The average molecular weight is 256 g/mol. The van der Waals surface area contributed by atoms with Gasteiger partial charge in [-0.05, 0) is 22.6 Å². The van der Waals surface area contributed by atoms with Crippen molar-refractivity contribution in [2.45, 2.75) is 5.54 Å². The van der Waals surface area contributed by atoms with Gasteiger partial charge in [-0.3, -0.25) is 10.1 Å². The number of imide groups is 1. The van der Waals surface area contributed by atoms with Gasteiger partial charge in [0.25, 0.3) is 5.91 Å². The first kappa shape index (κ1) is 9.85. The highest BCUT2D eigenvalue weighted by Gasteiger charge is 2.55. The molecule has 2 aliphatic rings. The number of thiophene rings is 1. The van der Waals surface area contributed by atoms with E-state index >= 15 is 0 Å². The Morgan fingerprint density at radius 3 is 2.67 bits per heavy atom. The Bertz CT molecular complexity index is 707. The molecule has 1 aliphatic carbocycles. The lowest BCUT2D eigenvalue weighted by Gasteiger charge is -2.21. The second-order valence-electron chi connectivity index (χ2n) is 4.37. The fourth-order valence-electron chi connectivity index (χ4n) is 2.78. The molecule has 1 aliphatic heterocycles. The minimum Gasteiger partial charge on any atom is -0.315 e. The molecule has 3 amide bonds. The van der Waals surface area contributed by atoms with Crippen LogP contribution in [-0.4, -0.2) is 11.9 Å². The fraction of sp³-hybridized carbons (Fsp3) is 0.0769. The number of rotatable bonds is 0. The molecule has 0 bridgehead atoms. The monoisotopic (exact) mass is 256 g/mol. The van der Waals surface area contributed by atoms with Gasteiger partial charge in [0.1, 0.15) is 0 Å². The second-order valence-corrected chi connectivity index (χ2v) is 5.28. The predicted octanol–water partition coefficient (Wildman–Crippen LogP) is 1.81. The van der Waals surface area contributed by atoms with Crippen molar-refractivity contribution in [1.82, 2.24) is 10.6 Å². The molecule has 1 atom stereocenters. The van der Waals surface area contributed by atoms with Crippen LogP contribution in [0.25, 0.3) is 11.1 Å². The van der Waals surface area contributed by atoms with Crippen molar-refractivity contribution in [2.24, 2.45) is 0 Å². The normalized spacial score (nSPS) is 23.8. The lowest BCUT2D eigenvalue weighted by Crippen LogP contribution is -2.42. The van der Waals surface area contributed by atoms with E-state index in [-0.39, 0.29) is 5.91 Å². The number of fused-ring (bicyclic) bond motifs is 5. The Balaban J connectivity index is 2.12. The van der Waals surface area contributed by atoms with Crippen molar-refractivity contribution < 1.29 is 9.59 Å². The van der Waals surface area contributed by atoms with Crippen molar-refractivity contribution >= 4 is 23.3 Å². The van der Waals surface area contributed by atoms with Gasteiger partial charge >= 0.3 is 6.03 Å². The minimum atomic E-state index is -1.02. The summed E-state index contributed by atoms with van der Waals surface area (Å²) in [5.41, 5.74) is 1.89. The van der Waals surface area contributed by atoms with E-state index in [4.69, 9.17) is 0 Å². The van der Waals surface area contributed by atoms with Crippen LogP contribution in [-0.2, 0) is 10.3 Å². The maximum atomic E-state index is 12.2. The summed E-state index contributed by atoms with van der Waals surface area (Å²) < 4.78 is 0. The number of urea groups is 1. The van der Waals surface area contributed by atoms with Crippen LogP contribution in [0.5, 0.6) is 0 Å². The Morgan fingerprint density at radius 2 is 1.89 bits per heavy atom. The first-order valence-electron chi connectivity index (χ1n) is 5.55. The highest BCUT2D eigenvalue weighted by molar-refractivity contribution is 7.11. The number of hydrogen-bond donors (Lipinski definition) is 2. The molecule has 4 nitrogen and oxygen atoms in total. The van der Waals surface area contributed by atoms with Gasteiger partial charge in [0.05, 0.1) is 4.88 Å². The molecule has 5 heteroatoms. The molecule has 1 unspecified atom stereocenters. The molecule has 88 valence electrons. The molecule has 1 spiro atoms. The zero-order valence-corrected chi connectivity index (χ0v) is 10.0. The van der Waals surface area contributed by atoms with Crippen LogP contribution in [0.15, 0.2) is 35.7 Å². The van der Waals surface area contributed by atoms with Crippen molar-refractivity contribution in [2.75, 3.05) is 0 Å². The molecule has 4 rings (SSSR count). The van der Waals surface area contributed by atoms with Crippen LogP contribution in [0.2, 0.25) is 0 Å². The summed E-state index contributed by atoms with van der Waals surface area (Å²) in [5.74, 6) is -0.291. The number of benzene rings is 1. The highest BCUT2D eigenvalue weighted by Crippen LogP contribution is 2.51. The van der Waals surface area contributed by atoms with Gasteiger partial charge in [-0.25, -0.2) is 4.79 Å². The molecule has 1 aromatic carbocycles. The third kappa shape index (κ3) is 0.922. The van der Waals surface area contributed by atoms with E-state index in [1.807, 2.05) is 35.7 Å². The molecule has 2 N–H and O–H groups in total. The number of carbonyl (C=O) groups is 2. The van der Waals surface area contributed by atoms with Crippen LogP contribution in [0.1, 0.15) is 10.4 Å². The van der Waals surface area contributed by atoms with E-state index in [1.54, 1.807) is 0 Å². The average Bonchev–Trinajstić information content (AvgIpc) is 2.99. The van der Waals surface area contributed by atoms with E-state index in [9.17, 15) is 9.59 Å². The maximum Gasteiger partial charge on any atom is 0.322 e. The maximum absolute atomic E-state index is 12.2.